The average Bonchev–Trinajstić information content (AvgIpc) is 2.51. The van der Waals surface area contributed by atoms with Crippen molar-refractivity contribution in [3.63, 3.8) is 0 Å². The molecule has 0 unspecified atom stereocenters. The minimum absolute atomic E-state index is 0.123. The molecule has 8 heteroatoms. The van der Waals surface area contributed by atoms with Crippen LogP contribution in [0.4, 0.5) is 10.1 Å². The SMILES string of the molecule is O=C(N/N=C\c1ccc(O)cc1O)C(=O)Nc1ccc(F)cc1. The normalized spacial score (nSPS) is 10.5. The highest BCUT2D eigenvalue weighted by Gasteiger charge is 2.12. The highest BCUT2D eigenvalue weighted by Crippen LogP contribution is 2.20. The molecule has 0 heterocycles. The van der Waals surface area contributed by atoms with Crippen LogP contribution in [0.25, 0.3) is 0 Å². The summed E-state index contributed by atoms with van der Waals surface area (Å²) in [7, 11) is 0. The fourth-order valence-corrected chi connectivity index (χ4v) is 1.57. The van der Waals surface area contributed by atoms with Gasteiger partial charge in [0.25, 0.3) is 0 Å². The van der Waals surface area contributed by atoms with E-state index in [1.165, 1.54) is 24.3 Å². The lowest BCUT2D eigenvalue weighted by atomic mass is 10.2. The number of amides is 2. The van der Waals surface area contributed by atoms with Gasteiger partial charge in [0, 0.05) is 17.3 Å². The summed E-state index contributed by atoms with van der Waals surface area (Å²) in [6.07, 6.45) is 1.11. The summed E-state index contributed by atoms with van der Waals surface area (Å²) in [6.45, 7) is 0. The van der Waals surface area contributed by atoms with Crippen LogP contribution in [0, 0.1) is 5.82 Å². The van der Waals surface area contributed by atoms with Gasteiger partial charge in [-0.05, 0) is 36.4 Å². The molecule has 0 saturated heterocycles. The average molecular weight is 317 g/mol. The molecule has 0 atom stereocenters. The number of rotatable bonds is 3. The maximum atomic E-state index is 12.7. The molecule has 0 saturated carbocycles. The molecule has 23 heavy (non-hydrogen) atoms. The summed E-state index contributed by atoms with van der Waals surface area (Å²) in [5.74, 6) is -2.85. The monoisotopic (exact) mass is 317 g/mol. The van der Waals surface area contributed by atoms with Crippen molar-refractivity contribution in [3.8, 4) is 11.5 Å². The smallest absolute Gasteiger partial charge is 0.329 e. The van der Waals surface area contributed by atoms with Crippen LogP contribution in [0.2, 0.25) is 0 Å². The summed E-state index contributed by atoms with van der Waals surface area (Å²) in [4.78, 5) is 23.1. The lowest BCUT2D eigenvalue weighted by Gasteiger charge is -2.03. The van der Waals surface area contributed by atoms with Crippen LogP contribution in [0.5, 0.6) is 11.5 Å². The van der Waals surface area contributed by atoms with E-state index in [0.717, 1.165) is 24.4 Å². The van der Waals surface area contributed by atoms with Gasteiger partial charge < -0.3 is 15.5 Å². The Morgan fingerprint density at radius 1 is 1.04 bits per heavy atom. The van der Waals surface area contributed by atoms with Gasteiger partial charge >= 0.3 is 11.8 Å². The molecule has 0 bridgehead atoms. The van der Waals surface area contributed by atoms with Crippen LogP contribution in [0.15, 0.2) is 47.6 Å². The molecular formula is C15H12FN3O4. The number of hydrazone groups is 1. The van der Waals surface area contributed by atoms with Crippen LogP contribution in [-0.4, -0.2) is 28.2 Å². The molecule has 4 N–H and O–H groups in total. The Hall–Kier alpha value is -3.42. The highest BCUT2D eigenvalue weighted by molar-refractivity contribution is 6.39. The molecule has 0 spiro atoms. The zero-order valence-electron chi connectivity index (χ0n) is 11.7. The van der Waals surface area contributed by atoms with Crippen molar-refractivity contribution in [1.29, 1.82) is 0 Å². The van der Waals surface area contributed by atoms with Crippen molar-refractivity contribution in [2.45, 2.75) is 0 Å². The van der Waals surface area contributed by atoms with Crippen LogP contribution in [0.3, 0.4) is 0 Å². The summed E-state index contributed by atoms with van der Waals surface area (Å²) < 4.78 is 12.7. The van der Waals surface area contributed by atoms with Gasteiger partial charge in [-0.15, -0.1) is 0 Å². The topological polar surface area (TPSA) is 111 Å². The van der Waals surface area contributed by atoms with Gasteiger partial charge in [-0.2, -0.15) is 5.10 Å². The van der Waals surface area contributed by atoms with E-state index in [9.17, 15) is 19.1 Å². The van der Waals surface area contributed by atoms with Gasteiger partial charge in [-0.25, -0.2) is 9.82 Å². The first-order valence-corrected chi connectivity index (χ1v) is 6.37. The number of anilines is 1. The summed E-state index contributed by atoms with van der Waals surface area (Å²) in [5, 5.41) is 24.4. The molecule has 2 aromatic rings. The Kier molecular flexibility index (Phi) is 4.88. The quantitative estimate of drug-likeness (QED) is 0.389. The lowest BCUT2D eigenvalue weighted by molar-refractivity contribution is -0.136. The van der Waals surface area contributed by atoms with Crippen molar-refractivity contribution in [2.24, 2.45) is 5.10 Å². The fourth-order valence-electron chi connectivity index (χ4n) is 1.57. The van der Waals surface area contributed by atoms with Gasteiger partial charge in [0.2, 0.25) is 0 Å². The molecule has 7 nitrogen and oxygen atoms in total. The minimum Gasteiger partial charge on any atom is -0.508 e. The van der Waals surface area contributed by atoms with Crippen molar-refractivity contribution in [2.75, 3.05) is 5.32 Å². The van der Waals surface area contributed by atoms with Crippen molar-refractivity contribution in [3.05, 3.63) is 53.8 Å². The van der Waals surface area contributed by atoms with E-state index in [1.54, 1.807) is 0 Å². The maximum absolute atomic E-state index is 12.7. The second-order valence-electron chi connectivity index (χ2n) is 4.40. The third-order valence-corrected chi connectivity index (χ3v) is 2.69. The van der Waals surface area contributed by atoms with Gasteiger partial charge in [0.05, 0.1) is 6.21 Å². The van der Waals surface area contributed by atoms with Crippen molar-refractivity contribution in [1.82, 2.24) is 5.43 Å². The summed E-state index contributed by atoms with van der Waals surface area (Å²) in [5.41, 5.74) is 2.47. The number of nitrogens with one attached hydrogen (secondary N) is 2. The van der Waals surface area contributed by atoms with Crippen molar-refractivity contribution < 1.29 is 24.2 Å². The van der Waals surface area contributed by atoms with E-state index in [-0.39, 0.29) is 22.7 Å². The predicted octanol–water partition coefficient (Wildman–Crippen LogP) is 1.33. The van der Waals surface area contributed by atoms with E-state index < -0.39 is 17.6 Å². The number of nitrogens with zero attached hydrogens (tertiary/aromatic N) is 1. The number of hydrogen-bond donors (Lipinski definition) is 4. The Morgan fingerprint density at radius 2 is 1.74 bits per heavy atom. The Labute approximate surface area is 130 Å². The molecule has 118 valence electrons. The van der Waals surface area contributed by atoms with Gasteiger partial charge in [0.15, 0.2) is 0 Å². The van der Waals surface area contributed by atoms with E-state index >= 15 is 0 Å². The van der Waals surface area contributed by atoms with E-state index in [2.05, 4.69) is 10.4 Å². The maximum Gasteiger partial charge on any atom is 0.329 e. The first-order valence-electron chi connectivity index (χ1n) is 6.37. The lowest BCUT2D eigenvalue weighted by Crippen LogP contribution is -2.32. The largest absolute Gasteiger partial charge is 0.508 e. The van der Waals surface area contributed by atoms with Crippen molar-refractivity contribution >= 4 is 23.7 Å². The molecule has 0 aliphatic heterocycles. The second kappa shape index (κ2) is 7.03. The predicted molar refractivity (Wildman–Crippen MR) is 80.5 cm³/mol. The molecule has 2 aromatic carbocycles. The zero-order valence-corrected chi connectivity index (χ0v) is 11.7. The first kappa shape index (κ1) is 16.0. The van der Waals surface area contributed by atoms with E-state index in [1.807, 2.05) is 5.43 Å². The molecular weight excluding hydrogens is 305 g/mol. The van der Waals surface area contributed by atoms with Crippen LogP contribution < -0.4 is 10.7 Å². The molecule has 2 rings (SSSR count). The number of halogens is 1. The Morgan fingerprint density at radius 3 is 2.39 bits per heavy atom. The molecule has 0 aliphatic carbocycles. The van der Waals surface area contributed by atoms with Crippen LogP contribution >= 0.6 is 0 Å². The van der Waals surface area contributed by atoms with E-state index in [4.69, 9.17) is 5.11 Å². The standard InChI is InChI=1S/C15H12FN3O4/c16-10-2-4-11(5-3-10)18-14(22)15(23)19-17-8-9-1-6-12(20)7-13(9)21/h1-8,20-21H,(H,18,22)(H,19,23)/b17-8-. The van der Waals surface area contributed by atoms with Gasteiger partial charge in [-0.1, -0.05) is 0 Å². The zero-order chi connectivity index (χ0) is 16.8. The Bertz CT molecular complexity index is 760. The van der Waals surface area contributed by atoms with Crippen LogP contribution in [-0.2, 0) is 9.59 Å². The second-order valence-corrected chi connectivity index (χ2v) is 4.40. The van der Waals surface area contributed by atoms with Gasteiger partial charge in [-0.3, -0.25) is 9.59 Å². The molecule has 2 amide bonds. The third-order valence-electron chi connectivity index (χ3n) is 2.69. The number of carbonyl (C=O) groups excluding carboxylic acids is 2. The number of carbonyl (C=O) groups is 2. The molecule has 0 radical (unpaired) electrons. The molecule has 0 aromatic heterocycles. The number of phenols is 2. The minimum atomic E-state index is -1.04. The highest BCUT2D eigenvalue weighted by atomic mass is 19.1. The number of benzene rings is 2. The molecule has 0 aliphatic rings. The third kappa shape index (κ3) is 4.53. The van der Waals surface area contributed by atoms with Crippen LogP contribution in [0.1, 0.15) is 5.56 Å². The fraction of sp³-hybridized carbons (Fsp3) is 0. The Balaban J connectivity index is 1.92. The number of aromatic hydroxyl groups is 2. The summed E-state index contributed by atoms with van der Waals surface area (Å²) in [6, 6.07) is 8.68. The van der Waals surface area contributed by atoms with Gasteiger partial charge in [0.1, 0.15) is 17.3 Å². The van der Waals surface area contributed by atoms with E-state index in [0.29, 0.717) is 0 Å². The first-order chi connectivity index (χ1) is 11.0. The molecule has 0 fully saturated rings. The summed E-state index contributed by atoms with van der Waals surface area (Å²) >= 11 is 0. The number of hydrogen-bond acceptors (Lipinski definition) is 5. The number of phenolic OH excluding ortho intramolecular Hbond substituents is 2.